The summed E-state index contributed by atoms with van der Waals surface area (Å²) in [7, 11) is 1.31. The minimum atomic E-state index is -0.428. The van der Waals surface area contributed by atoms with Crippen LogP contribution in [0.2, 0.25) is 0 Å². The molecule has 24 heavy (non-hydrogen) atoms. The molecule has 0 aromatic rings. The van der Waals surface area contributed by atoms with Gasteiger partial charge < -0.3 is 4.74 Å². The molecule has 0 radical (unpaired) electrons. The second kappa shape index (κ2) is 18.0. The molecule has 0 aliphatic heterocycles. The number of allylic oxidation sites excluding steroid dienone is 4. The number of carbonyl (C=O) groups is 2. The first-order chi connectivity index (χ1) is 11.7. The Morgan fingerprint density at radius 3 is 2.00 bits per heavy atom. The minimum Gasteiger partial charge on any atom is -0.469 e. The second-order valence-electron chi connectivity index (χ2n) is 6.27. The SMILES string of the molecule is CCCCCC=CC/C=C\CCCCCCCC(=O)CC(=O)OC. The van der Waals surface area contributed by atoms with Crippen LogP contribution in [-0.4, -0.2) is 18.9 Å². The molecule has 0 N–H and O–H groups in total. The Bertz CT molecular complexity index is 369. The van der Waals surface area contributed by atoms with E-state index in [2.05, 4.69) is 36.0 Å². The number of ketones is 1. The van der Waals surface area contributed by atoms with Gasteiger partial charge in [0.25, 0.3) is 0 Å². The summed E-state index contributed by atoms with van der Waals surface area (Å²) in [5.41, 5.74) is 0. The van der Waals surface area contributed by atoms with Crippen molar-refractivity contribution in [3.8, 4) is 0 Å². The quantitative estimate of drug-likeness (QED) is 0.152. The molecule has 0 aliphatic rings. The molecule has 3 heteroatoms. The lowest BCUT2D eigenvalue weighted by atomic mass is 10.1. The third-order valence-electron chi connectivity index (χ3n) is 3.98. The van der Waals surface area contributed by atoms with Crippen LogP contribution in [0.5, 0.6) is 0 Å². The smallest absolute Gasteiger partial charge is 0.313 e. The van der Waals surface area contributed by atoms with Gasteiger partial charge in [-0.25, -0.2) is 0 Å². The predicted octanol–water partition coefficient (Wildman–Crippen LogP) is 5.93. The molecule has 0 unspecified atom stereocenters. The molecule has 0 atom stereocenters. The third kappa shape index (κ3) is 17.0. The summed E-state index contributed by atoms with van der Waals surface area (Å²) in [6, 6.07) is 0. The second-order valence-corrected chi connectivity index (χ2v) is 6.27. The molecule has 0 spiro atoms. The molecular formula is C21H36O3. The van der Waals surface area contributed by atoms with Crippen molar-refractivity contribution in [1.29, 1.82) is 0 Å². The summed E-state index contributed by atoms with van der Waals surface area (Å²) < 4.78 is 4.48. The molecule has 0 aromatic heterocycles. The standard InChI is InChI=1S/C21H36O3/c1-3-4-5-6-7-8-9-10-11-12-13-14-15-16-17-18-20(22)19-21(23)24-2/h7-8,10-11H,3-6,9,12-19H2,1-2H3/b8-7?,11-10-. The number of hydrogen-bond donors (Lipinski definition) is 0. The van der Waals surface area contributed by atoms with Gasteiger partial charge >= 0.3 is 5.97 Å². The predicted molar refractivity (Wildman–Crippen MR) is 101 cm³/mol. The lowest BCUT2D eigenvalue weighted by Crippen LogP contribution is -2.08. The number of hydrogen-bond acceptors (Lipinski definition) is 3. The molecule has 0 aliphatic carbocycles. The van der Waals surface area contributed by atoms with Crippen LogP contribution in [-0.2, 0) is 14.3 Å². The number of methoxy groups -OCH3 is 1. The maximum absolute atomic E-state index is 11.4. The first-order valence-corrected chi connectivity index (χ1v) is 9.59. The fraction of sp³-hybridized carbons (Fsp3) is 0.714. The van der Waals surface area contributed by atoms with E-state index in [1.165, 1.54) is 45.6 Å². The highest BCUT2D eigenvalue weighted by atomic mass is 16.5. The van der Waals surface area contributed by atoms with Gasteiger partial charge in [-0.3, -0.25) is 9.59 Å². The Hall–Kier alpha value is -1.38. The molecule has 3 nitrogen and oxygen atoms in total. The number of esters is 1. The van der Waals surface area contributed by atoms with Crippen LogP contribution >= 0.6 is 0 Å². The molecule has 0 bridgehead atoms. The molecule has 0 aromatic carbocycles. The Labute approximate surface area is 148 Å². The molecule has 0 saturated carbocycles. The van der Waals surface area contributed by atoms with Gasteiger partial charge in [-0.1, -0.05) is 63.3 Å². The van der Waals surface area contributed by atoms with E-state index >= 15 is 0 Å². The highest BCUT2D eigenvalue weighted by molar-refractivity contribution is 5.95. The highest BCUT2D eigenvalue weighted by Crippen LogP contribution is 2.09. The minimum absolute atomic E-state index is 0.00691. The summed E-state index contributed by atoms with van der Waals surface area (Å²) >= 11 is 0. The number of rotatable bonds is 16. The van der Waals surface area contributed by atoms with Crippen molar-refractivity contribution in [2.45, 2.75) is 90.4 Å². The fourth-order valence-electron chi connectivity index (χ4n) is 2.46. The largest absolute Gasteiger partial charge is 0.469 e. The van der Waals surface area contributed by atoms with Crippen molar-refractivity contribution >= 4 is 11.8 Å². The van der Waals surface area contributed by atoms with E-state index in [1.807, 2.05) is 0 Å². The molecule has 0 fully saturated rings. The van der Waals surface area contributed by atoms with Gasteiger partial charge in [-0.2, -0.15) is 0 Å². The summed E-state index contributed by atoms with van der Waals surface area (Å²) in [6.07, 6.45) is 22.4. The monoisotopic (exact) mass is 336 g/mol. The van der Waals surface area contributed by atoms with Gasteiger partial charge in [0.2, 0.25) is 0 Å². The average molecular weight is 337 g/mol. The molecule has 0 amide bonds. The van der Waals surface area contributed by atoms with E-state index in [9.17, 15) is 9.59 Å². The lowest BCUT2D eigenvalue weighted by Gasteiger charge is -2.01. The van der Waals surface area contributed by atoms with Crippen LogP contribution in [0.4, 0.5) is 0 Å². The zero-order chi connectivity index (χ0) is 17.9. The zero-order valence-corrected chi connectivity index (χ0v) is 15.7. The maximum Gasteiger partial charge on any atom is 0.313 e. The maximum atomic E-state index is 11.4. The Morgan fingerprint density at radius 2 is 1.38 bits per heavy atom. The Balaban J connectivity index is 3.31. The van der Waals surface area contributed by atoms with E-state index in [4.69, 9.17) is 0 Å². The van der Waals surface area contributed by atoms with Crippen molar-refractivity contribution in [3.63, 3.8) is 0 Å². The van der Waals surface area contributed by atoms with Crippen LogP contribution in [0.1, 0.15) is 90.4 Å². The van der Waals surface area contributed by atoms with Gasteiger partial charge in [-0.05, 0) is 38.5 Å². The van der Waals surface area contributed by atoms with Crippen LogP contribution in [0.3, 0.4) is 0 Å². The van der Waals surface area contributed by atoms with Crippen molar-refractivity contribution in [3.05, 3.63) is 24.3 Å². The van der Waals surface area contributed by atoms with Gasteiger partial charge in [0, 0.05) is 6.42 Å². The highest BCUT2D eigenvalue weighted by Gasteiger charge is 2.08. The molecule has 0 saturated heterocycles. The van der Waals surface area contributed by atoms with Crippen molar-refractivity contribution in [2.75, 3.05) is 7.11 Å². The van der Waals surface area contributed by atoms with Crippen molar-refractivity contribution in [2.24, 2.45) is 0 Å². The van der Waals surface area contributed by atoms with Crippen molar-refractivity contribution in [1.82, 2.24) is 0 Å². The van der Waals surface area contributed by atoms with E-state index in [0.717, 1.165) is 32.1 Å². The summed E-state index contributed by atoms with van der Waals surface area (Å²) in [5.74, 6) is -0.435. The number of Topliss-reactive ketones (excluding diaryl/α,β-unsaturated/α-hetero) is 1. The number of carbonyl (C=O) groups excluding carboxylic acids is 2. The van der Waals surface area contributed by atoms with Gasteiger partial charge in [-0.15, -0.1) is 0 Å². The first-order valence-electron chi connectivity index (χ1n) is 9.59. The Morgan fingerprint density at radius 1 is 0.792 bits per heavy atom. The number of unbranched alkanes of at least 4 members (excludes halogenated alkanes) is 8. The summed E-state index contributed by atoms with van der Waals surface area (Å²) in [6.45, 7) is 2.23. The first kappa shape index (κ1) is 22.6. The van der Waals surface area contributed by atoms with Crippen LogP contribution in [0.25, 0.3) is 0 Å². The van der Waals surface area contributed by atoms with E-state index < -0.39 is 5.97 Å². The zero-order valence-electron chi connectivity index (χ0n) is 15.7. The molecular weight excluding hydrogens is 300 g/mol. The summed E-state index contributed by atoms with van der Waals surface area (Å²) in [4.78, 5) is 22.4. The normalized spacial score (nSPS) is 11.4. The molecule has 138 valence electrons. The van der Waals surface area contributed by atoms with Crippen molar-refractivity contribution < 1.29 is 14.3 Å². The van der Waals surface area contributed by atoms with E-state index in [0.29, 0.717) is 6.42 Å². The fourth-order valence-corrected chi connectivity index (χ4v) is 2.46. The number of ether oxygens (including phenoxy) is 1. The molecule has 0 rings (SSSR count). The van der Waals surface area contributed by atoms with Gasteiger partial charge in [0.15, 0.2) is 0 Å². The van der Waals surface area contributed by atoms with E-state index in [1.54, 1.807) is 0 Å². The van der Waals surface area contributed by atoms with Gasteiger partial charge in [0.1, 0.15) is 12.2 Å². The van der Waals surface area contributed by atoms with Crippen LogP contribution in [0, 0.1) is 0 Å². The van der Waals surface area contributed by atoms with Gasteiger partial charge in [0.05, 0.1) is 7.11 Å². The lowest BCUT2D eigenvalue weighted by molar-refractivity contribution is -0.143. The van der Waals surface area contributed by atoms with Crippen LogP contribution in [0.15, 0.2) is 24.3 Å². The molecule has 0 heterocycles. The van der Waals surface area contributed by atoms with Crippen LogP contribution < -0.4 is 0 Å². The topological polar surface area (TPSA) is 43.4 Å². The average Bonchev–Trinajstić information content (AvgIpc) is 2.58. The summed E-state index contributed by atoms with van der Waals surface area (Å²) in [5, 5.41) is 0. The van der Waals surface area contributed by atoms with E-state index in [-0.39, 0.29) is 12.2 Å². The third-order valence-corrected chi connectivity index (χ3v) is 3.98. The Kier molecular flexibility index (Phi) is 16.9.